The van der Waals surface area contributed by atoms with E-state index in [4.69, 9.17) is 0 Å². The second kappa shape index (κ2) is 5.61. The van der Waals surface area contributed by atoms with Gasteiger partial charge in [-0.05, 0) is 35.8 Å². The summed E-state index contributed by atoms with van der Waals surface area (Å²) in [5.41, 5.74) is 0. The predicted molar refractivity (Wildman–Crippen MR) is 82.3 cm³/mol. The number of nitrogens with zero attached hydrogens (tertiary/aromatic N) is 2. The van der Waals surface area contributed by atoms with Crippen LogP contribution in [0.25, 0.3) is 0 Å². The molecule has 0 bridgehead atoms. The molecule has 0 saturated heterocycles. The van der Waals surface area contributed by atoms with Gasteiger partial charge in [0.15, 0.2) is 0 Å². The lowest BCUT2D eigenvalue weighted by Gasteiger charge is -2.15. The Balaban J connectivity index is 2.27. The fourth-order valence-corrected chi connectivity index (χ4v) is 6.10. The fourth-order valence-electron chi connectivity index (χ4n) is 1.64. The molecule has 0 saturated carbocycles. The van der Waals surface area contributed by atoms with Crippen molar-refractivity contribution in [2.75, 3.05) is 7.05 Å². The smallest absolute Gasteiger partial charge is 0.244 e. The van der Waals surface area contributed by atoms with Crippen molar-refractivity contribution in [3.63, 3.8) is 0 Å². The van der Waals surface area contributed by atoms with Crippen molar-refractivity contribution in [2.45, 2.75) is 25.3 Å². The van der Waals surface area contributed by atoms with E-state index in [1.165, 1.54) is 27.0 Å². The highest BCUT2D eigenvalue weighted by atomic mass is 79.9. The van der Waals surface area contributed by atoms with Crippen LogP contribution in [0.1, 0.15) is 14.8 Å². The van der Waals surface area contributed by atoms with E-state index in [1.54, 1.807) is 19.3 Å². The minimum atomic E-state index is -3.45. The van der Waals surface area contributed by atoms with Crippen molar-refractivity contribution in [2.24, 2.45) is 0 Å². The van der Waals surface area contributed by atoms with Crippen LogP contribution < -0.4 is 0 Å². The highest BCUT2D eigenvalue weighted by Crippen LogP contribution is 2.31. The molecule has 0 unspecified atom stereocenters. The minimum Gasteiger partial charge on any atom is -0.250 e. The van der Waals surface area contributed by atoms with Gasteiger partial charge >= 0.3 is 0 Å². The van der Waals surface area contributed by atoms with Gasteiger partial charge in [0.05, 0.1) is 13.7 Å². The van der Waals surface area contributed by atoms with E-state index in [2.05, 4.69) is 20.9 Å². The third-order valence-corrected chi connectivity index (χ3v) is 7.09. The Hall–Kier alpha value is -0.280. The fraction of sp³-hybridized carbons (Fsp3) is 0.364. The first-order valence-corrected chi connectivity index (χ1v) is 9.31. The molecule has 0 amide bonds. The lowest BCUT2D eigenvalue weighted by Crippen LogP contribution is -2.26. The number of thiazole rings is 1. The first-order chi connectivity index (χ1) is 8.80. The molecule has 2 aromatic rings. The molecule has 0 aliphatic heterocycles. The van der Waals surface area contributed by atoms with Gasteiger partial charge < -0.3 is 0 Å². The molecule has 0 aliphatic rings. The topological polar surface area (TPSA) is 50.3 Å². The van der Waals surface area contributed by atoms with E-state index >= 15 is 0 Å². The first-order valence-electron chi connectivity index (χ1n) is 5.44. The average molecular weight is 381 g/mol. The summed E-state index contributed by atoms with van der Waals surface area (Å²) in [6, 6.07) is 1.66. The summed E-state index contributed by atoms with van der Waals surface area (Å²) in [5.74, 6) is 0. The van der Waals surface area contributed by atoms with Crippen molar-refractivity contribution >= 4 is 48.6 Å². The van der Waals surface area contributed by atoms with Crippen LogP contribution in [-0.4, -0.2) is 24.8 Å². The number of hydrogen-bond acceptors (Lipinski definition) is 5. The molecule has 0 radical (unpaired) electrons. The molecular weight excluding hydrogens is 368 g/mol. The second-order valence-electron chi connectivity index (χ2n) is 4.08. The Morgan fingerprint density at radius 3 is 2.53 bits per heavy atom. The van der Waals surface area contributed by atoms with Gasteiger partial charge in [-0.3, -0.25) is 0 Å². The molecule has 0 spiro atoms. The molecule has 0 N–H and O–H groups in total. The third kappa shape index (κ3) is 3.25. The van der Waals surface area contributed by atoms with Crippen molar-refractivity contribution in [3.8, 4) is 0 Å². The summed E-state index contributed by atoms with van der Waals surface area (Å²) in [4.78, 5) is 6.24. The van der Waals surface area contributed by atoms with E-state index in [9.17, 15) is 8.42 Å². The Labute approximate surface area is 129 Å². The van der Waals surface area contributed by atoms with Crippen LogP contribution in [0.15, 0.2) is 20.9 Å². The van der Waals surface area contributed by atoms with Crippen molar-refractivity contribution in [3.05, 3.63) is 30.8 Å². The van der Waals surface area contributed by atoms with Gasteiger partial charge in [-0.1, -0.05) is 0 Å². The van der Waals surface area contributed by atoms with E-state index in [0.29, 0.717) is 11.4 Å². The zero-order valence-corrected chi connectivity index (χ0v) is 14.7. The van der Waals surface area contributed by atoms with Gasteiger partial charge in [-0.15, -0.1) is 22.7 Å². The summed E-state index contributed by atoms with van der Waals surface area (Å²) < 4.78 is 27.1. The van der Waals surface area contributed by atoms with Crippen molar-refractivity contribution in [1.29, 1.82) is 0 Å². The zero-order valence-electron chi connectivity index (χ0n) is 10.7. The van der Waals surface area contributed by atoms with Crippen LogP contribution in [0.4, 0.5) is 0 Å². The number of thiophene rings is 1. The van der Waals surface area contributed by atoms with Crippen LogP contribution in [0.2, 0.25) is 0 Å². The van der Waals surface area contributed by atoms with Gasteiger partial charge in [0, 0.05) is 29.5 Å². The largest absolute Gasteiger partial charge is 0.250 e. The van der Waals surface area contributed by atoms with Crippen LogP contribution in [0, 0.1) is 13.8 Å². The second-order valence-corrected chi connectivity index (χ2v) is 10.0. The number of rotatable bonds is 4. The van der Waals surface area contributed by atoms with Crippen LogP contribution in [0.5, 0.6) is 0 Å². The maximum absolute atomic E-state index is 12.5. The molecule has 0 atom stereocenters. The molecule has 4 nitrogen and oxygen atoms in total. The van der Waals surface area contributed by atoms with Crippen LogP contribution >= 0.6 is 38.6 Å². The summed E-state index contributed by atoms with van der Waals surface area (Å²) in [7, 11) is -1.85. The molecule has 104 valence electrons. The van der Waals surface area contributed by atoms with Crippen LogP contribution in [0.3, 0.4) is 0 Å². The van der Waals surface area contributed by atoms with Gasteiger partial charge in [-0.25, -0.2) is 13.4 Å². The highest BCUT2D eigenvalue weighted by molar-refractivity contribution is 9.11. The lowest BCUT2D eigenvalue weighted by atomic mass is 10.5. The van der Waals surface area contributed by atoms with E-state index in [1.807, 2.05) is 13.8 Å². The van der Waals surface area contributed by atoms with E-state index in [-0.39, 0.29) is 0 Å². The molecule has 2 aromatic heterocycles. The van der Waals surface area contributed by atoms with Gasteiger partial charge in [0.25, 0.3) is 0 Å². The van der Waals surface area contributed by atoms with Gasteiger partial charge in [0.2, 0.25) is 10.0 Å². The number of sulfonamides is 1. The average Bonchev–Trinajstić information content (AvgIpc) is 2.85. The van der Waals surface area contributed by atoms with Gasteiger partial charge in [-0.2, -0.15) is 4.31 Å². The molecule has 0 aliphatic carbocycles. The molecule has 8 heteroatoms. The predicted octanol–water partition coefficient (Wildman–Crippen LogP) is 3.40. The van der Waals surface area contributed by atoms with Crippen molar-refractivity contribution in [1.82, 2.24) is 9.29 Å². The normalized spacial score (nSPS) is 12.3. The Morgan fingerprint density at radius 1 is 1.37 bits per heavy atom. The highest BCUT2D eigenvalue weighted by Gasteiger charge is 2.25. The molecule has 19 heavy (non-hydrogen) atoms. The number of aryl methyl sites for hydroxylation is 2. The molecule has 0 aromatic carbocycles. The maximum Gasteiger partial charge on any atom is 0.244 e. The Morgan fingerprint density at radius 2 is 2.05 bits per heavy atom. The summed E-state index contributed by atoms with van der Waals surface area (Å²) in [5, 5.41) is 0.940. The standard InChI is InChI=1S/C11H13BrN2O2S3/c1-7-10(4-11(12)17-7)19(15,16)14(3)6-9-5-13-8(2)18-9/h4-5H,6H2,1-3H3. The van der Waals surface area contributed by atoms with E-state index < -0.39 is 10.0 Å². The summed E-state index contributed by atoms with van der Waals surface area (Å²) in [6.07, 6.45) is 1.72. The number of aromatic nitrogens is 1. The number of hydrogen-bond donors (Lipinski definition) is 0. The molecule has 2 heterocycles. The summed E-state index contributed by atoms with van der Waals surface area (Å²) in [6.45, 7) is 4.07. The van der Waals surface area contributed by atoms with Crippen molar-refractivity contribution < 1.29 is 8.42 Å². The summed E-state index contributed by atoms with van der Waals surface area (Å²) >= 11 is 6.26. The lowest BCUT2D eigenvalue weighted by molar-refractivity contribution is 0.469. The quantitative estimate of drug-likeness (QED) is 0.816. The molecule has 2 rings (SSSR count). The zero-order chi connectivity index (χ0) is 14.2. The molecular formula is C11H13BrN2O2S3. The van der Waals surface area contributed by atoms with E-state index in [0.717, 1.165) is 18.5 Å². The minimum absolute atomic E-state index is 0.348. The Kier molecular flexibility index (Phi) is 4.46. The first kappa shape index (κ1) is 15.1. The van der Waals surface area contributed by atoms with Crippen LogP contribution in [-0.2, 0) is 16.6 Å². The SMILES string of the molecule is Cc1ncc(CN(C)S(=O)(=O)c2cc(Br)sc2C)s1. The third-order valence-electron chi connectivity index (χ3n) is 2.58. The van der Waals surface area contributed by atoms with Gasteiger partial charge in [0.1, 0.15) is 0 Å². The Bertz CT molecular complexity index is 691. The monoisotopic (exact) mass is 380 g/mol. The molecule has 0 fully saturated rings. The number of halogens is 1. The maximum atomic E-state index is 12.5.